The average Bonchev–Trinajstić information content (AvgIpc) is 3.01. The maximum Gasteiger partial charge on any atom is 0.339 e. The molecule has 0 radical (unpaired) electrons. The van der Waals surface area contributed by atoms with Gasteiger partial charge in [0.2, 0.25) is 5.91 Å². The summed E-state index contributed by atoms with van der Waals surface area (Å²) in [7, 11) is 0. The molecular weight excluding hydrogens is 356 g/mol. The van der Waals surface area contributed by atoms with Gasteiger partial charge in [-0.05, 0) is 36.8 Å². The molecule has 0 atom stereocenters. The standard InChI is InChI=1S/C19H15ClN2O4/c1-10-9-21-17(22-11(2)23)8-13(10)16-7-14(19(24)25)18(26-16)12-5-3-4-6-15(12)20/h3-9H,1-2H3,(H,24,25)(H,21,22,23). The van der Waals surface area contributed by atoms with Crippen molar-refractivity contribution in [2.75, 3.05) is 5.32 Å². The van der Waals surface area contributed by atoms with Gasteiger partial charge in [0.1, 0.15) is 17.1 Å². The lowest BCUT2D eigenvalue weighted by Gasteiger charge is -2.06. The third-order valence-corrected chi connectivity index (χ3v) is 4.08. The van der Waals surface area contributed by atoms with E-state index >= 15 is 0 Å². The summed E-state index contributed by atoms with van der Waals surface area (Å²) >= 11 is 6.19. The summed E-state index contributed by atoms with van der Waals surface area (Å²) in [5, 5.41) is 12.5. The van der Waals surface area contributed by atoms with Gasteiger partial charge < -0.3 is 14.8 Å². The number of aromatic carboxylic acids is 1. The van der Waals surface area contributed by atoms with Crippen LogP contribution in [0.3, 0.4) is 0 Å². The third-order valence-electron chi connectivity index (χ3n) is 3.75. The number of carbonyl (C=O) groups is 2. The van der Waals surface area contributed by atoms with Crippen molar-refractivity contribution in [2.45, 2.75) is 13.8 Å². The van der Waals surface area contributed by atoms with E-state index in [4.69, 9.17) is 16.0 Å². The van der Waals surface area contributed by atoms with E-state index in [2.05, 4.69) is 10.3 Å². The molecule has 1 aromatic carbocycles. The fourth-order valence-corrected chi connectivity index (χ4v) is 2.79. The van der Waals surface area contributed by atoms with E-state index in [0.29, 0.717) is 27.7 Å². The minimum atomic E-state index is -1.12. The Balaban J connectivity index is 2.16. The molecule has 0 fully saturated rings. The number of benzene rings is 1. The monoisotopic (exact) mass is 370 g/mol. The number of carbonyl (C=O) groups excluding carboxylic acids is 1. The molecule has 6 nitrogen and oxygen atoms in total. The number of pyridine rings is 1. The van der Waals surface area contributed by atoms with E-state index < -0.39 is 5.97 Å². The molecule has 0 aliphatic heterocycles. The van der Waals surface area contributed by atoms with Gasteiger partial charge in [0.15, 0.2) is 5.76 Å². The van der Waals surface area contributed by atoms with Gasteiger partial charge in [-0.15, -0.1) is 0 Å². The molecular formula is C19H15ClN2O4. The highest BCUT2D eigenvalue weighted by atomic mass is 35.5. The summed E-state index contributed by atoms with van der Waals surface area (Å²) in [6.45, 7) is 3.20. The number of aromatic nitrogens is 1. The third kappa shape index (κ3) is 3.45. The van der Waals surface area contributed by atoms with Crippen LogP contribution in [0.15, 0.2) is 47.0 Å². The zero-order chi connectivity index (χ0) is 18.8. The molecule has 0 saturated carbocycles. The predicted octanol–water partition coefficient (Wildman–Crippen LogP) is 4.63. The van der Waals surface area contributed by atoms with Gasteiger partial charge in [0, 0.05) is 24.2 Å². The van der Waals surface area contributed by atoms with Crippen LogP contribution in [0.2, 0.25) is 5.02 Å². The highest BCUT2D eigenvalue weighted by Crippen LogP contribution is 2.37. The molecule has 0 spiro atoms. The number of nitrogens with one attached hydrogen (secondary N) is 1. The first-order valence-electron chi connectivity index (χ1n) is 7.73. The van der Waals surface area contributed by atoms with E-state index in [1.165, 1.54) is 13.0 Å². The minimum Gasteiger partial charge on any atom is -0.478 e. The Morgan fingerprint density at radius 1 is 1.19 bits per heavy atom. The van der Waals surface area contributed by atoms with Gasteiger partial charge >= 0.3 is 5.97 Å². The molecule has 0 aliphatic carbocycles. The summed E-state index contributed by atoms with van der Waals surface area (Å²) in [4.78, 5) is 27.1. The fraction of sp³-hybridized carbons (Fsp3) is 0.105. The van der Waals surface area contributed by atoms with Crippen molar-refractivity contribution < 1.29 is 19.1 Å². The first-order chi connectivity index (χ1) is 12.4. The van der Waals surface area contributed by atoms with Crippen LogP contribution < -0.4 is 5.32 Å². The van der Waals surface area contributed by atoms with Crippen LogP contribution in [0.4, 0.5) is 5.82 Å². The van der Waals surface area contributed by atoms with Crippen molar-refractivity contribution in [3.05, 3.63) is 58.7 Å². The van der Waals surface area contributed by atoms with E-state index in [1.807, 2.05) is 6.92 Å². The topological polar surface area (TPSA) is 92.4 Å². The van der Waals surface area contributed by atoms with Crippen LogP contribution in [0, 0.1) is 6.92 Å². The number of furan rings is 1. The van der Waals surface area contributed by atoms with Crippen molar-refractivity contribution >= 4 is 29.3 Å². The number of amides is 1. The predicted molar refractivity (Wildman–Crippen MR) is 98.4 cm³/mol. The molecule has 0 saturated heterocycles. The van der Waals surface area contributed by atoms with Crippen molar-refractivity contribution in [1.29, 1.82) is 0 Å². The lowest BCUT2D eigenvalue weighted by atomic mass is 10.1. The molecule has 1 amide bonds. The molecule has 0 bridgehead atoms. The Morgan fingerprint density at radius 2 is 1.92 bits per heavy atom. The number of anilines is 1. The number of nitrogens with zero attached hydrogens (tertiary/aromatic N) is 1. The van der Waals surface area contributed by atoms with Gasteiger partial charge in [-0.1, -0.05) is 23.7 Å². The zero-order valence-electron chi connectivity index (χ0n) is 14.0. The Hall–Kier alpha value is -3.12. The lowest BCUT2D eigenvalue weighted by Crippen LogP contribution is -2.07. The van der Waals surface area contributed by atoms with E-state index in [1.54, 1.807) is 36.5 Å². The second-order valence-electron chi connectivity index (χ2n) is 5.70. The molecule has 0 aliphatic rings. The molecule has 7 heteroatoms. The van der Waals surface area contributed by atoms with Crippen molar-refractivity contribution in [2.24, 2.45) is 0 Å². The van der Waals surface area contributed by atoms with Crippen LogP contribution in [-0.2, 0) is 4.79 Å². The Bertz CT molecular complexity index is 1010. The molecule has 2 aromatic heterocycles. The first kappa shape index (κ1) is 17.7. The van der Waals surface area contributed by atoms with Crippen molar-refractivity contribution in [3.8, 4) is 22.6 Å². The van der Waals surface area contributed by atoms with E-state index in [-0.39, 0.29) is 17.2 Å². The molecule has 132 valence electrons. The normalized spacial score (nSPS) is 10.6. The molecule has 26 heavy (non-hydrogen) atoms. The van der Waals surface area contributed by atoms with Gasteiger partial charge in [-0.2, -0.15) is 0 Å². The zero-order valence-corrected chi connectivity index (χ0v) is 14.8. The number of carboxylic acids is 1. The number of carboxylic acid groups (broad SMARTS) is 1. The molecule has 3 aromatic rings. The van der Waals surface area contributed by atoms with Crippen LogP contribution in [0.1, 0.15) is 22.8 Å². The van der Waals surface area contributed by atoms with Crippen LogP contribution in [-0.4, -0.2) is 22.0 Å². The number of aryl methyl sites for hydroxylation is 1. The van der Waals surface area contributed by atoms with E-state index in [0.717, 1.165) is 5.56 Å². The summed E-state index contributed by atoms with van der Waals surface area (Å²) < 4.78 is 5.86. The quantitative estimate of drug-likeness (QED) is 0.698. The van der Waals surface area contributed by atoms with Crippen LogP contribution in [0.5, 0.6) is 0 Å². The summed E-state index contributed by atoms with van der Waals surface area (Å²) in [6.07, 6.45) is 1.58. The maximum absolute atomic E-state index is 11.7. The van der Waals surface area contributed by atoms with Gasteiger partial charge in [0.25, 0.3) is 0 Å². The fourth-order valence-electron chi connectivity index (χ4n) is 2.57. The van der Waals surface area contributed by atoms with Gasteiger partial charge in [-0.25, -0.2) is 9.78 Å². The number of hydrogen-bond acceptors (Lipinski definition) is 4. The molecule has 0 unspecified atom stereocenters. The maximum atomic E-state index is 11.7. The molecule has 2 heterocycles. The number of hydrogen-bond donors (Lipinski definition) is 2. The lowest BCUT2D eigenvalue weighted by molar-refractivity contribution is -0.114. The van der Waals surface area contributed by atoms with E-state index in [9.17, 15) is 14.7 Å². The molecule has 3 rings (SSSR count). The first-order valence-corrected chi connectivity index (χ1v) is 8.11. The summed E-state index contributed by atoms with van der Waals surface area (Å²) in [5.41, 5.74) is 1.90. The number of rotatable bonds is 4. The summed E-state index contributed by atoms with van der Waals surface area (Å²) in [6, 6.07) is 9.94. The summed E-state index contributed by atoms with van der Waals surface area (Å²) in [5.74, 6) is -0.497. The van der Waals surface area contributed by atoms with Crippen LogP contribution >= 0.6 is 11.6 Å². The van der Waals surface area contributed by atoms with Crippen LogP contribution in [0.25, 0.3) is 22.6 Å². The second-order valence-corrected chi connectivity index (χ2v) is 6.11. The smallest absolute Gasteiger partial charge is 0.339 e. The molecule has 2 N–H and O–H groups in total. The highest BCUT2D eigenvalue weighted by Gasteiger charge is 2.22. The Morgan fingerprint density at radius 3 is 2.58 bits per heavy atom. The second kappa shape index (κ2) is 7.01. The largest absolute Gasteiger partial charge is 0.478 e. The Labute approximate surface area is 154 Å². The minimum absolute atomic E-state index is 0.00499. The Kier molecular flexibility index (Phi) is 4.77. The van der Waals surface area contributed by atoms with Gasteiger partial charge in [0.05, 0.1) is 5.02 Å². The average molecular weight is 371 g/mol. The van der Waals surface area contributed by atoms with Crippen molar-refractivity contribution in [3.63, 3.8) is 0 Å². The number of halogens is 1. The van der Waals surface area contributed by atoms with Gasteiger partial charge in [-0.3, -0.25) is 4.79 Å². The highest BCUT2D eigenvalue weighted by molar-refractivity contribution is 6.33. The SMILES string of the molecule is CC(=O)Nc1cc(-c2cc(C(=O)O)c(-c3ccccc3Cl)o2)c(C)cn1. The van der Waals surface area contributed by atoms with Crippen molar-refractivity contribution in [1.82, 2.24) is 4.98 Å².